The van der Waals surface area contributed by atoms with Gasteiger partial charge in [-0.3, -0.25) is 0 Å². The Bertz CT molecular complexity index is 513. The lowest BCUT2D eigenvalue weighted by atomic mass is 10.1. The van der Waals surface area contributed by atoms with Crippen LogP contribution in [0, 0.1) is 0 Å². The van der Waals surface area contributed by atoms with Crippen molar-refractivity contribution in [3.8, 4) is 5.88 Å². The number of halogens is 1. The lowest BCUT2D eigenvalue weighted by Crippen LogP contribution is -2.04. The summed E-state index contributed by atoms with van der Waals surface area (Å²) in [7, 11) is 1.55. The minimum atomic E-state index is -0.652. The molecule has 2 aromatic rings. The van der Waals surface area contributed by atoms with Gasteiger partial charge in [0.15, 0.2) is 0 Å². The molecule has 0 aliphatic rings. The second kappa shape index (κ2) is 5.85. The fourth-order valence-corrected chi connectivity index (χ4v) is 1.80. The van der Waals surface area contributed by atoms with Crippen LogP contribution >= 0.6 is 11.6 Å². The van der Waals surface area contributed by atoms with Crippen molar-refractivity contribution in [2.24, 2.45) is 0 Å². The Morgan fingerprint density at radius 2 is 1.94 bits per heavy atom. The Kier molecular flexibility index (Phi) is 4.18. The minimum absolute atomic E-state index is 0.497. The summed E-state index contributed by atoms with van der Waals surface area (Å²) in [6.07, 6.45) is -0.154. The first-order valence-electron chi connectivity index (χ1n) is 5.62. The number of benzene rings is 1. The second-order valence-electron chi connectivity index (χ2n) is 3.95. The molecular weight excluding hydrogens is 250 g/mol. The first-order chi connectivity index (χ1) is 8.69. The van der Waals surface area contributed by atoms with E-state index in [1.54, 1.807) is 19.2 Å². The SMILES string of the molecule is COc1cccc(C(O)Cc2ccc(Cl)cc2)n1. The lowest BCUT2D eigenvalue weighted by molar-refractivity contribution is 0.172. The first kappa shape index (κ1) is 12.9. The van der Waals surface area contributed by atoms with Crippen molar-refractivity contribution in [3.05, 3.63) is 58.7 Å². The van der Waals surface area contributed by atoms with E-state index in [-0.39, 0.29) is 0 Å². The highest BCUT2D eigenvalue weighted by Crippen LogP contribution is 2.19. The summed E-state index contributed by atoms with van der Waals surface area (Å²) in [6, 6.07) is 12.7. The Morgan fingerprint density at radius 1 is 1.22 bits per heavy atom. The summed E-state index contributed by atoms with van der Waals surface area (Å²) in [5.74, 6) is 0.502. The molecular formula is C14H14ClNO2. The summed E-state index contributed by atoms with van der Waals surface area (Å²) in [5.41, 5.74) is 1.61. The molecule has 0 aliphatic carbocycles. The highest BCUT2D eigenvalue weighted by Gasteiger charge is 2.10. The van der Waals surface area contributed by atoms with Gasteiger partial charge in [-0.05, 0) is 23.8 Å². The molecule has 0 radical (unpaired) electrons. The van der Waals surface area contributed by atoms with Gasteiger partial charge >= 0.3 is 0 Å². The van der Waals surface area contributed by atoms with Gasteiger partial charge in [-0.1, -0.05) is 29.8 Å². The Morgan fingerprint density at radius 3 is 2.61 bits per heavy atom. The van der Waals surface area contributed by atoms with Crippen LogP contribution < -0.4 is 4.74 Å². The monoisotopic (exact) mass is 263 g/mol. The van der Waals surface area contributed by atoms with Crippen LogP contribution in [0.4, 0.5) is 0 Å². The largest absolute Gasteiger partial charge is 0.481 e. The van der Waals surface area contributed by atoms with Crippen LogP contribution in [0.5, 0.6) is 5.88 Å². The normalized spacial score (nSPS) is 12.2. The van der Waals surface area contributed by atoms with Crippen LogP contribution in [0.3, 0.4) is 0 Å². The van der Waals surface area contributed by atoms with Crippen molar-refractivity contribution >= 4 is 11.6 Å². The van der Waals surface area contributed by atoms with Gasteiger partial charge in [0, 0.05) is 17.5 Å². The molecule has 2 rings (SSSR count). The molecule has 0 saturated heterocycles. The Labute approximate surface area is 111 Å². The molecule has 0 bridgehead atoms. The van der Waals surface area contributed by atoms with Gasteiger partial charge in [0.2, 0.25) is 5.88 Å². The average molecular weight is 264 g/mol. The molecule has 1 atom stereocenters. The van der Waals surface area contributed by atoms with Crippen LogP contribution in [0.1, 0.15) is 17.4 Å². The molecule has 0 fully saturated rings. The molecule has 94 valence electrons. The quantitative estimate of drug-likeness (QED) is 0.922. The van der Waals surface area contributed by atoms with Crippen LogP contribution in [-0.4, -0.2) is 17.2 Å². The highest BCUT2D eigenvalue weighted by atomic mass is 35.5. The standard InChI is InChI=1S/C14H14ClNO2/c1-18-14-4-2-3-12(16-14)13(17)9-10-5-7-11(15)8-6-10/h2-8,13,17H,9H2,1H3. The van der Waals surface area contributed by atoms with Gasteiger partial charge in [-0.2, -0.15) is 0 Å². The average Bonchev–Trinajstić information content (AvgIpc) is 2.41. The van der Waals surface area contributed by atoms with Crippen molar-refractivity contribution in [1.29, 1.82) is 0 Å². The minimum Gasteiger partial charge on any atom is -0.481 e. The van der Waals surface area contributed by atoms with Crippen molar-refractivity contribution in [3.63, 3.8) is 0 Å². The number of ether oxygens (including phenoxy) is 1. The third-order valence-electron chi connectivity index (χ3n) is 2.64. The number of pyridine rings is 1. The molecule has 3 nitrogen and oxygen atoms in total. The van der Waals surface area contributed by atoms with E-state index in [9.17, 15) is 5.11 Å². The number of rotatable bonds is 4. The lowest BCUT2D eigenvalue weighted by Gasteiger charge is -2.11. The number of aliphatic hydroxyl groups excluding tert-OH is 1. The summed E-state index contributed by atoms with van der Waals surface area (Å²) in [6.45, 7) is 0. The van der Waals surface area contributed by atoms with Crippen LogP contribution in [0.15, 0.2) is 42.5 Å². The zero-order valence-corrected chi connectivity index (χ0v) is 10.8. The van der Waals surface area contributed by atoms with Crippen molar-refractivity contribution in [1.82, 2.24) is 4.98 Å². The molecule has 1 aromatic heterocycles. The van der Waals surface area contributed by atoms with Gasteiger partial charge in [-0.25, -0.2) is 4.98 Å². The Hall–Kier alpha value is -1.58. The van der Waals surface area contributed by atoms with E-state index < -0.39 is 6.10 Å². The molecule has 4 heteroatoms. The smallest absolute Gasteiger partial charge is 0.213 e. The molecule has 0 saturated carbocycles. The third kappa shape index (κ3) is 3.22. The zero-order valence-electron chi connectivity index (χ0n) is 10.0. The number of aromatic nitrogens is 1. The van der Waals surface area contributed by atoms with E-state index in [1.807, 2.05) is 30.3 Å². The topological polar surface area (TPSA) is 42.4 Å². The van der Waals surface area contributed by atoms with E-state index in [2.05, 4.69) is 4.98 Å². The van der Waals surface area contributed by atoms with E-state index in [0.29, 0.717) is 23.0 Å². The van der Waals surface area contributed by atoms with Gasteiger partial charge < -0.3 is 9.84 Å². The summed E-state index contributed by atoms with van der Waals surface area (Å²) < 4.78 is 5.03. The predicted molar refractivity (Wildman–Crippen MR) is 70.9 cm³/mol. The van der Waals surface area contributed by atoms with Gasteiger partial charge in [0.1, 0.15) is 6.10 Å². The number of hydrogen-bond donors (Lipinski definition) is 1. The molecule has 1 aromatic carbocycles. The third-order valence-corrected chi connectivity index (χ3v) is 2.89. The maximum absolute atomic E-state index is 10.1. The highest BCUT2D eigenvalue weighted by molar-refractivity contribution is 6.30. The fourth-order valence-electron chi connectivity index (χ4n) is 1.68. The second-order valence-corrected chi connectivity index (χ2v) is 4.39. The van der Waals surface area contributed by atoms with Gasteiger partial charge in [-0.15, -0.1) is 0 Å². The molecule has 18 heavy (non-hydrogen) atoms. The predicted octanol–water partition coefficient (Wildman–Crippen LogP) is 3.02. The molecule has 0 spiro atoms. The van der Waals surface area contributed by atoms with E-state index in [1.165, 1.54) is 0 Å². The maximum atomic E-state index is 10.1. The van der Waals surface area contributed by atoms with Crippen molar-refractivity contribution < 1.29 is 9.84 Å². The van der Waals surface area contributed by atoms with Crippen LogP contribution in [0.2, 0.25) is 5.02 Å². The van der Waals surface area contributed by atoms with Crippen molar-refractivity contribution in [2.45, 2.75) is 12.5 Å². The Balaban J connectivity index is 2.11. The molecule has 1 heterocycles. The molecule has 0 amide bonds. The molecule has 0 aliphatic heterocycles. The summed E-state index contributed by atoms with van der Waals surface area (Å²) in [5, 5.41) is 10.8. The van der Waals surface area contributed by atoms with Crippen LogP contribution in [0.25, 0.3) is 0 Å². The maximum Gasteiger partial charge on any atom is 0.213 e. The van der Waals surface area contributed by atoms with E-state index in [4.69, 9.17) is 16.3 Å². The zero-order chi connectivity index (χ0) is 13.0. The fraction of sp³-hybridized carbons (Fsp3) is 0.214. The summed E-state index contributed by atoms with van der Waals surface area (Å²) >= 11 is 5.81. The van der Waals surface area contributed by atoms with E-state index >= 15 is 0 Å². The first-order valence-corrected chi connectivity index (χ1v) is 6.00. The number of hydrogen-bond acceptors (Lipinski definition) is 3. The number of methoxy groups -OCH3 is 1. The van der Waals surface area contributed by atoms with E-state index in [0.717, 1.165) is 5.56 Å². The van der Waals surface area contributed by atoms with Gasteiger partial charge in [0.25, 0.3) is 0 Å². The van der Waals surface area contributed by atoms with Crippen molar-refractivity contribution in [2.75, 3.05) is 7.11 Å². The number of nitrogens with zero attached hydrogens (tertiary/aromatic N) is 1. The number of aliphatic hydroxyl groups is 1. The molecule has 1 unspecified atom stereocenters. The summed E-state index contributed by atoms with van der Waals surface area (Å²) in [4.78, 5) is 4.21. The molecule has 1 N–H and O–H groups in total. The van der Waals surface area contributed by atoms with Gasteiger partial charge in [0.05, 0.1) is 12.8 Å². The van der Waals surface area contributed by atoms with Crippen LogP contribution in [-0.2, 0) is 6.42 Å².